The summed E-state index contributed by atoms with van der Waals surface area (Å²) >= 11 is 0. The first-order chi connectivity index (χ1) is 9.45. The highest BCUT2D eigenvalue weighted by Crippen LogP contribution is 2.16. The smallest absolute Gasteiger partial charge is 0.251 e. The van der Waals surface area contributed by atoms with Gasteiger partial charge in [-0.2, -0.15) is 0 Å². The van der Waals surface area contributed by atoms with Gasteiger partial charge < -0.3 is 10.6 Å². The van der Waals surface area contributed by atoms with E-state index in [9.17, 15) is 9.00 Å². The summed E-state index contributed by atoms with van der Waals surface area (Å²) in [7, 11) is -0.838. The highest BCUT2D eigenvalue weighted by molar-refractivity contribution is 7.84. The highest BCUT2D eigenvalue weighted by atomic mass is 32.2. The lowest BCUT2D eigenvalue weighted by atomic mass is 10.1. The van der Waals surface area contributed by atoms with Crippen molar-refractivity contribution >= 4 is 22.4 Å². The summed E-state index contributed by atoms with van der Waals surface area (Å²) in [5.41, 5.74) is 2.77. The van der Waals surface area contributed by atoms with Gasteiger partial charge in [0.1, 0.15) is 0 Å². The number of amides is 1. The van der Waals surface area contributed by atoms with Crippen molar-refractivity contribution in [2.45, 2.75) is 32.4 Å². The number of hydrogen-bond donors (Lipinski definition) is 2. The van der Waals surface area contributed by atoms with E-state index in [-0.39, 0.29) is 11.2 Å². The van der Waals surface area contributed by atoms with E-state index in [0.29, 0.717) is 12.1 Å². The fraction of sp³-hybridized carbons (Fsp3) is 0.533. The lowest BCUT2D eigenvalue weighted by Crippen LogP contribution is -2.27. The molecule has 0 saturated carbocycles. The van der Waals surface area contributed by atoms with Gasteiger partial charge in [-0.15, -0.1) is 0 Å². The molecule has 4 nitrogen and oxygen atoms in total. The van der Waals surface area contributed by atoms with Gasteiger partial charge in [-0.1, -0.05) is 6.92 Å². The van der Waals surface area contributed by atoms with Crippen LogP contribution in [0, 0.1) is 6.92 Å². The second-order valence-corrected chi connectivity index (χ2v) is 6.72. The van der Waals surface area contributed by atoms with Crippen LogP contribution in [-0.4, -0.2) is 34.7 Å². The van der Waals surface area contributed by atoms with Crippen molar-refractivity contribution in [2.24, 2.45) is 0 Å². The number of rotatable bonds is 7. The first kappa shape index (κ1) is 16.7. The Hall–Kier alpha value is -1.36. The summed E-state index contributed by atoms with van der Waals surface area (Å²) in [5, 5.41) is 6.22. The lowest BCUT2D eigenvalue weighted by Gasteiger charge is -2.11. The van der Waals surface area contributed by atoms with Crippen LogP contribution in [0.1, 0.15) is 36.2 Å². The molecule has 0 heterocycles. The molecule has 0 aliphatic rings. The van der Waals surface area contributed by atoms with E-state index in [1.165, 1.54) is 0 Å². The van der Waals surface area contributed by atoms with Crippen LogP contribution in [0.2, 0.25) is 0 Å². The fourth-order valence-electron chi connectivity index (χ4n) is 1.85. The van der Waals surface area contributed by atoms with Gasteiger partial charge in [0.15, 0.2) is 0 Å². The van der Waals surface area contributed by atoms with Crippen LogP contribution in [0.4, 0.5) is 5.69 Å². The maximum atomic E-state index is 12.0. The molecule has 1 aromatic carbocycles. The van der Waals surface area contributed by atoms with Gasteiger partial charge in [0.25, 0.3) is 5.91 Å². The first-order valence-corrected chi connectivity index (χ1v) is 8.52. The Kier molecular flexibility index (Phi) is 6.71. The zero-order valence-corrected chi connectivity index (χ0v) is 13.5. The summed E-state index contributed by atoms with van der Waals surface area (Å²) in [5.74, 6) is -0.0785. The number of hydrogen-bond acceptors (Lipinski definition) is 3. The van der Waals surface area contributed by atoms with E-state index in [0.717, 1.165) is 24.2 Å². The van der Waals surface area contributed by atoms with E-state index in [4.69, 9.17) is 0 Å². The van der Waals surface area contributed by atoms with Crippen LogP contribution in [-0.2, 0) is 10.8 Å². The Morgan fingerprint density at radius 1 is 1.40 bits per heavy atom. The fourth-order valence-corrected chi connectivity index (χ4v) is 2.30. The molecule has 2 atom stereocenters. The van der Waals surface area contributed by atoms with E-state index in [1.807, 2.05) is 39.0 Å². The van der Waals surface area contributed by atoms with E-state index in [1.54, 1.807) is 6.26 Å². The summed E-state index contributed by atoms with van der Waals surface area (Å²) < 4.78 is 11.2. The normalized spacial score (nSPS) is 13.6. The third kappa shape index (κ3) is 4.96. The van der Waals surface area contributed by atoms with Gasteiger partial charge in [0.05, 0.1) is 0 Å². The van der Waals surface area contributed by atoms with Crippen LogP contribution < -0.4 is 10.6 Å². The molecule has 0 aliphatic carbocycles. The second kappa shape index (κ2) is 8.04. The van der Waals surface area contributed by atoms with E-state index < -0.39 is 10.8 Å². The zero-order valence-electron chi connectivity index (χ0n) is 12.7. The molecule has 0 aromatic heterocycles. The largest absolute Gasteiger partial charge is 0.385 e. The minimum Gasteiger partial charge on any atom is -0.385 e. The Morgan fingerprint density at radius 2 is 2.10 bits per heavy atom. The number of carbonyl (C=O) groups is 1. The molecule has 20 heavy (non-hydrogen) atoms. The van der Waals surface area contributed by atoms with Crippen molar-refractivity contribution in [1.82, 2.24) is 5.32 Å². The predicted octanol–water partition coefficient (Wildman–Crippen LogP) is 2.31. The maximum absolute atomic E-state index is 12.0. The van der Waals surface area contributed by atoms with Gasteiger partial charge in [0, 0.05) is 46.6 Å². The molecule has 0 aliphatic heterocycles. The average molecular weight is 296 g/mol. The topological polar surface area (TPSA) is 58.2 Å². The summed E-state index contributed by atoms with van der Waals surface area (Å²) in [6.45, 7) is 7.36. The molecule has 1 rings (SSSR count). The minimum atomic E-state index is -0.838. The Bertz CT molecular complexity index is 489. The van der Waals surface area contributed by atoms with Crippen LogP contribution in [0.25, 0.3) is 0 Å². The van der Waals surface area contributed by atoms with E-state index in [2.05, 4.69) is 10.6 Å². The van der Waals surface area contributed by atoms with Crippen molar-refractivity contribution in [3.63, 3.8) is 0 Å². The first-order valence-electron chi connectivity index (χ1n) is 6.90. The number of benzene rings is 1. The molecule has 2 N–H and O–H groups in total. The molecular weight excluding hydrogens is 272 g/mol. The Morgan fingerprint density at radius 3 is 2.65 bits per heavy atom. The average Bonchev–Trinajstić information content (AvgIpc) is 2.40. The van der Waals surface area contributed by atoms with Crippen LogP contribution >= 0.6 is 0 Å². The number of aryl methyl sites for hydroxylation is 1. The molecule has 1 amide bonds. The number of nitrogens with one attached hydrogen (secondary N) is 2. The van der Waals surface area contributed by atoms with Crippen LogP contribution in [0.15, 0.2) is 18.2 Å². The van der Waals surface area contributed by atoms with Gasteiger partial charge in [-0.05, 0) is 44.0 Å². The van der Waals surface area contributed by atoms with E-state index >= 15 is 0 Å². The van der Waals surface area contributed by atoms with Crippen LogP contribution in [0.5, 0.6) is 0 Å². The molecule has 5 heteroatoms. The number of anilines is 1. The third-order valence-corrected chi connectivity index (χ3v) is 4.63. The van der Waals surface area contributed by atoms with Crippen molar-refractivity contribution in [3.8, 4) is 0 Å². The SMILES string of the molecule is CCNc1ccc(C(=O)NCCC(C)S(C)=O)cc1C. The molecule has 0 saturated heterocycles. The van der Waals surface area contributed by atoms with Crippen molar-refractivity contribution in [1.29, 1.82) is 0 Å². The molecule has 1 aromatic rings. The monoisotopic (exact) mass is 296 g/mol. The minimum absolute atomic E-state index is 0.0785. The highest BCUT2D eigenvalue weighted by Gasteiger charge is 2.09. The number of carbonyl (C=O) groups excluding carboxylic acids is 1. The predicted molar refractivity (Wildman–Crippen MR) is 85.8 cm³/mol. The standard InChI is InChI=1S/C15H24N2O2S/c1-5-16-14-7-6-13(10-11(14)2)15(18)17-9-8-12(3)20(4)19/h6-7,10,12,16H,5,8-9H2,1-4H3,(H,17,18). The van der Waals surface area contributed by atoms with Gasteiger partial charge in [0.2, 0.25) is 0 Å². The molecule has 2 unspecified atom stereocenters. The summed E-state index contributed by atoms with van der Waals surface area (Å²) in [4.78, 5) is 12.0. The van der Waals surface area contributed by atoms with Crippen molar-refractivity contribution < 1.29 is 9.00 Å². The Balaban J connectivity index is 2.55. The molecule has 0 radical (unpaired) electrons. The lowest BCUT2D eigenvalue weighted by molar-refractivity contribution is 0.0953. The van der Waals surface area contributed by atoms with Crippen molar-refractivity contribution in [2.75, 3.05) is 24.7 Å². The van der Waals surface area contributed by atoms with Gasteiger partial charge >= 0.3 is 0 Å². The maximum Gasteiger partial charge on any atom is 0.251 e. The Labute approximate surface area is 123 Å². The van der Waals surface area contributed by atoms with Gasteiger partial charge in [-0.3, -0.25) is 9.00 Å². The molecule has 0 bridgehead atoms. The zero-order chi connectivity index (χ0) is 15.1. The molecule has 0 fully saturated rings. The van der Waals surface area contributed by atoms with Gasteiger partial charge in [-0.25, -0.2) is 0 Å². The summed E-state index contributed by atoms with van der Waals surface area (Å²) in [6.07, 6.45) is 2.42. The summed E-state index contributed by atoms with van der Waals surface area (Å²) in [6, 6.07) is 5.63. The quantitative estimate of drug-likeness (QED) is 0.812. The molecular formula is C15H24N2O2S. The third-order valence-electron chi connectivity index (χ3n) is 3.26. The van der Waals surface area contributed by atoms with Crippen LogP contribution in [0.3, 0.4) is 0 Å². The second-order valence-electron chi connectivity index (χ2n) is 4.91. The van der Waals surface area contributed by atoms with Crippen molar-refractivity contribution in [3.05, 3.63) is 29.3 Å². The molecule has 112 valence electrons. The molecule has 0 spiro atoms.